The van der Waals surface area contributed by atoms with Crippen LogP contribution in [0.15, 0.2) is 30.5 Å². The highest BCUT2D eigenvalue weighted by molar-refractivity contribution is 5.92. The average molecular weight is 243 g/mol. The number of piperazine rings is 1. The maximum atomic E-state index is 9.83. The third-order valence-corrected chi connectivity index (χ3v) is 3.51. The predicted molar refractivity (Wildman–Crippen MR) is 73.1 cm³/mol. The van der Waals surface area contributed by atoms with Crippen molar-refractivity contribution >= 4 is 16.6 Å². The van der Waals surface area contributed by atoms with Gasteiger partial charge in [0.1, 0.15) is 5.75 Å². The molecule has 1 aliphatic heterocycles. The number of nitrogens with zero attached hydrogens (tertiary/aromatic N) is 3. The van der Waals surface area contributed by atoms with Gasteiger partial charge in [-0.3, -0.25) is 4.98 Å². The lowest BCUT2D eigenvalue weighted by molar-refractivity contribution is 0.313. The first-order valence-electron chi connectivity index (χ1n) is 6.25. The summed E-state index contributed by atoms with van der Waals surface area (Å²) in [5.74, 6) is 0.310. The lowest BCUT2D eigenvalue weighted by atomic mass is 10.1. The molecule has 94 valence electrons. The van der Waals surface area contributed by atoms with Crippen LogP contribution < -0.4 is 4.90 Å². The Morgan fingerprint density at radius 3 is 2.72 bits per heavy atom. The summed E-state index contributed by atoms with van der Waals surface area (Å²) in [7, 11) is 2.14. The second-order valence-corrected chi connectivity index (χ2v) is 4.83. The Labute approximate surface area is 106 Å². The van der Waals surface area contributed by atoms with Gasteiger partial charge in [0.15, 0.2) is 0 Å². The topological polar surface area (TPSA) is 39.6 Å². The molecule has 18 heavy (non-hydrogen) atoms. The zero-order valence-electron chi connectivity index (χ0n) is 10.5. The van der Waals surface area contributed by atoms with Crippen LogP contribution in [0.2, 0.25) is 0 Å². The van der Waals surface area contributed by atoms with Crippen LogP contribution in [0.4, 0.5) is 5.69 Å². The Hall–Kier alpha value is -1.81. The van der Waals surface area contributed by atoms with E-state index in [2.05, 4.69) is 21.8 Å². The first-order valence-corrected chi connectivity index (χ1v) is 6.25. The fourth-order valence-corrected chi connectivity index (χ4v) is 2.45. The second kappa shape index (κ2) is 4.46. The van der Waals surface area contributed by atoms with Gasteiger partial charge in [-0.15, -0.1) is 0 Å². The standard InChI is InChI=1S/C14H17N3O/c1-16-5-7-17(8-6-16)13-10-12(18)9-11-3-2-4-15-14(11)13/h2-4,9-10,18H,5-8H2,1H3. The molecule has 0 aliphatic carbocycles. The molecule has 2 aromatic rings. The van der Waals surface area contributed by atoms with Crippen LogP contribution >= 0.6 is 0 Å². The molecule has 1 fully saturated rings. The third kappa shape index (κ3) is 1.99. The highest BCUT2D eigenvalue weighted by Crippen LogP contribution is 2.30. The van der Waals surface area contributed by atoms with Gasteiger partial charge in [-0.05, 0) is 19.2 Å². The van der Waals surface area contributed by atoms with Crippen LogP contribution in [0, 0.1) is 0 Å². The summed E-state index contributed by atoms with van der Waals surface area (Å²) in [4.78, 5) is 9.07. The largest absolute Gasteiger partial charge is 0.508 e. The molecule has 0 unspecified atom stereocenters. The number of hydrogen-bond donors (Lipinski definition) is 1. The monoisotopic (exact) mass is 243 g/mol. The van der Waals surface area contributed by atoms with Crippen molar-refractivity contribution in [3.8, 4) is 5.75 Å². The average Bonchev–Trinajstić information content (AvgIpc) is 2.38. The van der Waals surface area contributed by atoms with Crippen LogP contribution in [-0.2, 0) is 0 Å². The molecule has 1 saturated heterocycles. The van der Waals surface area contributed by atoms with Crippen molar-refractivity contribution in [2.24, 2.45) is 0 Å². The van der Waals surface area contributed by atoms with Gasteiger partial charge in [-0.1, -0.05) is 6.07 Å². The normalized spacial score (nSPS) is 17.3. The summed E-state index contributed by atoms with van der Waals surface area (Å²) in [5, 5.41) is 10.8. The lowest BCUT2D eigenvalue weighted by Crippen LogP contribution is -2.44. The molecule has 3 rings (SSSR count). The number of aromatic nitrogens is 1. The predicted octanol–water partition coefficient (Wildman–Crippen LogP) is 1.69. The van der Waals surface area contributed by atoms with E-state index in [1.807, 2.05) is 18.2 Å². The zero-order chi connectivity index (χ0) is 12.5. The van der Waals surface area contributed by atoms with Gasteiger partial charge >= 0.3 is 0 Å². The van der Waals surface area contributed by atoms with E-state index in [9.17, 15) is 5.11 Å². The zero-order valence-corrected chi connectivity index (χ0v) is 10.5. The van der Waals surface area contributed by atoms with E-state index in [0.29, 0.717) is 5.75 Å². The van der Waals surface area contributed by atoms with E-state index in [0.717, 1.165) is 42.8 Å². The van der Waals surface area contributed by atoms with Crippen LogP contribution in [0.25, 0.3) is 10.9 Å². The van der Waals surface area contributed by atoms with Crippen LogP contribution in [0.1, 0.15) is 0 Å². The van der Waals surface area contributed by atoms with Crippen molar-refractivity contribution in [3.63, 3.8) is 0 Å². The maximum Gasteiger partial charge on any atom is 0.118 e. The van der Waals surface area contributed by atoms with Crippen molar-refractivity contribution in [2.75, 3.05) is 38.1 Å². The molecule has 0 amide bonds. The maximum absolute atomic E-state index is 9.83. The Balaban J connectivity index is 2.05. The van der Waals surface area contributed by atoms with Gasteiger partial charge in [-0.2, -0.15) is 0 Å². The number of anilines is 1. The van der Waals surface area contributed by atoms with Crippen LogP contribution in [0.3, 0.4) is 0 Å². The van der Waals surface area contributed by atoms with E-state index in [4.69, 9.17) is 0 Å². The lowest BCUT2D eigenvalue weighted by Gasteiger charge is -2.34. The number of hydrogen-bond acceptors (Lipinski definition) is 4. The van der Waals surface area contributed by atoms with E-state index in [1.54, 1.807) is 12.3 Å². The summed E-state index contributed by atoms with van der Waals surface area (Å²) < 4.78 is 0. The Morgan fingerprint density at radius 2 is 1.94 bits per heavy atom. The van der Waals surface area contributed by atoms with Crippen LogP contribution in [-0.4, -0.2) is 48.2 Å². The summed E-state index contributed by atoms with van der Waals surface area (Å²) in [6, 6.07) is 7.47. The second-order valence-electron chi connectivity index (χ2n) is 4.83. The van der Waals surface area contributed by atoms with Crippen molar-refractivity contribution in [3.05, 3.63) is 30.5 Å². The number of aromatic hydroxyl groups is 1. The van der Waals surface area contributed by atoms with Gasteiger partial charge < -0.3 is 14.9 Å². The number of phenols is 1. The molecule has 4 nitrogen and oxygen atoms in total. The minimum atomic E-state index is 0.310. The molecular weight excluding hydrogens is 226 g/mol. The van der Waals surface area contributed by atoms with Gasteiger partial charge in [0.2, 0.25) is 0 Å². The Bertz CT molecular complexity index is 562. The highest BCUT2D eigenvalue weighted by atomic mass is 16.3. The number of pyridine rings is 1. The molecule has 4 heteroatoms. The SMILES string of the molecule is CN1CCN(c2cc(O)cc3cccnc23)CC1. The molecule has 0 spiro atoms. The van der Waals surface area contributed by atoms with E-state index >= 15 is 0 Å². The van der Waals surface area contributed by atoms with E-state index in [1.165, 1.54) is 0 Å². The molecule has 0 atom stereocenters. The number of phenolic OH excluding ortho intramolecular Hbond substituents is 1. The summed E-state index contributed by atoms with van der Waals surface area (Å²) in [6.45, 7) is 4.05. The van der Waals surface area contributed by atoms with Gasteiger partial charge in [0.25, 0.3) is 0 Å². The third-order valence-electron chi connectivity index (χ3n) is 3.51. The number of rotatable bonds is 1. The minimum absolute atomic E-state index is 0.310. The van der Waals surface area contributed by atoms with E-state index < -0.39 is 0 Å². The first-order chi connectivity index (χ1) is 8.74. The smallest absolute Gasteiger partial charge is 0.118 e. The number of fused-ring (bicyclic) bond motifs is 1. The molecule has 2 heterocycles. The first kappa shape index (κ1) is 11.3. The molecule has 0 radical (unpaired) electrons. The quantitative estimate of drug-likeness (QED) is 0.827. The molecule has 0 bridgehead atoms. The fourth-order valence-electron chi connectivity index (χ4n) is 2.45. The molecule has 0 saturated carbocycles. The molecular formula is C14H17N3O. The summed E-state index contributed by atoms with van der Waals surface area (Å²) in [5.41, 5.74) is 2.01. The van der Waals surface area contributed by atoms with Crippen molar-refractivity contribution in [2.45, 2.75) is 0 Å². The molecule has 1 N–H and O–H groups in total. The van der Waals surface area contributed by atoms with Crippen molar-refractivity contribution in [1.82, 2.24) is 9.88 Å². The molecule has 1 aromatic heterocycles. The fraction of sp³-hybridized carbons (Fsp3) is 0.357. The highest BCUT2D eigenvalue weighted by Gasteiger charge is 2.17. The molecule has 1 aliphatic rings. The number of benzene rings is 1. The number of likely N-dealkylation sites (N-methyl/N-ethyl adjacent to an activating group) is 1. The van der Waals surface area contributed by atoms with Gasteiger partial charge in [-0.25, -0.2) is 0 Å². The van der Waals surface area contributed by atoms with Gasteiger partial charge in [0, 0.05) is 43.8 Å². The van der Waals surface area contributed by atoms with E-state index in [-0.39, 0.29) is 0 Å². The van der Waals surface area contributed by atoms with Crippen molar-refractivity contribution in [1.29, 1.82) is 0 Å². The Kier molecular flexibility index (Phi) is 2.80. The minimum Gasteiger partial charge on any atom is -0.508 e. The summed E-state index contributed by atoms with van der Waals surface area (Å²) >= 11 is 0. The molecule has 1 aromatic carbocycles. The van der Waals surface area contributed by atoms with Crippen molar-refractivity contribution < 1.29 is 5.11 Å². The summed E-state index contributed by atoms with van der Waals surface area (Å²) in [6.07, 6.45) is 1.80. The Morgan fingerprint density at radius 1 is 1.17 bits per heavy atom. The van der Waals surface area contributed by atoms with Crippen LogP contribution in [0.5, 0.6) is 5.75 Å². The van der Waals surface area contributed by atoms with Gasteiger partial charge in [0.05, 0.1) is 11.2 Å².